The topological polar surface area (TPSA) is 63.1 Å². The van der Waals surface area contributed by atoms with E-state index < -0.39 is 11.9 Å². The lowest BCUT2D eigenvalue weighted by Crippen LogP contribution is -2.15. The Kier molecular flexibility index (Phi) is 3.94. The van der Waals surface area contributed by atoms with E-state index in [-0.39, 0.29) is 0 Å². The van der Waals surface area contributed by atoms with Gasteiger partial charge in [0.1, 0.15) is 5.82 Å². The van der Waals surface area contributed by atoms with Crippen molar-refractivity contribution >= 4 is 5.97 Å². The molecular formula is C14H20N2O2. The maximum absolute atomic E-state index is 10.9. The molecule has 1 unspecified atom stereocenters. The summed E-state index contributed by atoms with van der Waals surface area (Å²) in [7, 11) is 0. The zero-order chi connectivity index (χ0) is 13.1. The molecule has 0 radical (unpaired) electrons. The number of aromatic nitrogens is 2. The molecule has 1 heterocycles. The fourth-order valence-electron chi connectivity index (χ4n) is 2.54. The second kappa shape index (κ2) is 5.46. The van der Waals surface area contributed by atoms with Crippen LogP contribution in [-0.2, 0) is 11.2 Å². The summed E-state index contributed by atoms with van der Waals surface area (Å²) >= 11 is 0. The number of aliphatic carboxylic acids is 1. The monoisotopic (exact) mass is 248 g/mol. The third-order valence-electron chi connectivity index (χ3n) is 3.60. The van der Waals surface area contributed by atoms with Gasteiger partial charge in [0.15, 0.2) is 0 Å². The smallest absolute Gasteiger partial charge is 0.306 e. The summed E-state index contributed by atoms with van der Waals surface area (Å²) < 4.78 is 0. The molecule has 1 aliphatic rings. The van der Waals surface area contributed by atoms with Crippen LogP contribution in [0.4, 0.5) is 0 Å². The largest absolute Gasteiger partial charge is 0.481 e. The molecule has 0 amide bonds. The van der Waals surface area contributed by atoms with Crippen LogP contribution in [0.15, 0.2) is 6.07 Å². The van der Waals surface area contributed by atoms with E-state index in [9.17, 15) is 4.79 Å². The molecule has 1 aromatic heterocycles. The minimum atomic E-state index is -0.789. The molecule has 0 bridgehead atoms. The van der Waals surface area contributed by atoms with Crippen molar-refractivity contribution < 1.29 is 9.90 Å². The van der Waals surface area contributed by atoms with Crippen molar-refractivity contribution in [2.24, 2.45) is 5.92 Å². The van der Waals surface area contributed by atoms with Gasteiger partial charge in [-0.3, -0.25) is 4.79 Å². The Morgan fingerprint density at radius 2 is 2.11 bits per heavy atom. The molecular weight excluding hydrogens is 228 g/mol. The number of carboxylic acids is 1. The number of hydrogen-bond acceptors (Lipinski definition) is 3. The first kappa shape index (κ1) is 13.0. The quantitative estimate of drug-likeness (QED) is 0.889. The Labute approximate surface area is 107 Å². The molecule has 1 aliphatic carbocycles. The van der Waals surface area contributed by atoms with Gasteiger partial charge in [-0.2, -0.15) is 0 Å². The molecule has 98 valence electrons. The molecule has 0 saturated heterocycles. The van der Waals surface area contributed by atoms with Gasteiger partial charge in [-0.1, -0.05) is 19.8 Å². The van der Waals surface area contributed by atoms with Gasteiger partial charge in [0.05, 0.1) is 5.92 Å². The van der Waals surface area contributed by atoms with E-state index in [0.717, 1.165) is 11.4 Å². The molecule has 18 heavy (non-hydrogen) atoms. The van der Waals surface area contributed by atoms with E-state index in [4.69, 9.17) is 5.11 Å². The maximum Gasteiger partial charge on any atom is 0.306 e. The average Bonchev–Trinajstić information content (AvgIpc) is 2.81. The van der Waals surface area contributed by atoms with Crippen LogP contribution in [0.25, 0.3) is 0 Å². The molecule has 0 spiro atoms. The first-order chi connectivity index (χ1) is 8.56. The van der Waals surface area contributed by atoms with Gasteiger partial charge in [0, 0.05) is 23.7 Å². The highest BCUT2D eigenvalue weighted by Gasteiger charge is 2.20. The first-order valence-corrected chi connectivity index (χ1v) is 6.63. The van der Waals surface area contributed by atoms with Crippen molar-refractivity contribution in [2.75, 3.05) is 0 Å². The molecule has 2 rings (SSSR count). The minimum absolute atomic E-state index is 0.413. The highest BCUT2D eigenvalue weighted by molar-refractivity contribution is 5.69. The Morgan fingerprint density at radius 1 is 1.44 bits per heavy atom. The van der Waals surface area contributed by atoms with Crippen LogP contribution in [0, 0.1) is 12.8 Å². The number of carbonyl (C=O) groups is 1. The predicted molar refractivity (Wildman–Crippen MR) is 68.5 cm³/mol. The predicted octanol–water partition coefficient (Wildman–Crippen LogP) is 2.71. The second-order valence-electron chi connectivity index (χ2n) is 5.28. The number of nitrogens with zero attached hydrogens (tertiary/aromatic N) is 2. The summed E-state index contributed by atoms with van der Waals surface area (Å²) in [6, 6.07) is 2.05. The van der Waals surface area contributed by atoms with Gasteiger partial charge < -0.3 is 5.11 Å². The SMILES string of the molecule is Cc1cc(C2CCCC2)nc(CC(C)C(=O)O)n1. The zero-order valence-electron chi connectivity index (χ0n) is 11.0. The molecule has 0 aliphatic heterocycles. The molecule has 1 atom stereocenters. The lowest BCUT2D eigenvalue weighted by Gasteiger charge is -2.12. The van der Waals surface area contributed by atoms with Crippen LogP contribution in [-0.4, -0.2) is 21.0 Å². The lowest BCUT2D eigenvalue weighted by atomic mass is 10.0. The standard InChI is InChI=1S/C14H20N2O2/c1-9(14(17)18)7-13-15-10(2)8-12(16-13)11-5-3-4-6-11/h8-9,11H,3-7H2,1-2H3,(H,17,18). The Balaban J connectivity index is 2.18. The summed E-state index contributed by atoms with van der Waals surface area (Å²) in [4.78, 5) is 19.8. The van der Waals surface area contributed by atoms with Gasteiger partial charge >= 0.3 is 5.97 Å². The molecule has 1 saturated carbocycles. The van der Waals surface area contributed by atoms with Gasteiger partial charge in [0.25, 0.3) is 0 Å². The van der Waals surface area contributed by atoms with E-state index in [2.05, 4.69) is 9.97 Å². The summed E-state index contributed by atoms with van der Waals surface area (Å²) in [6.07, 6.45) is 5.36. The van der Waals surface area contributed by atoms with Gasteiger partial charge in [-0.05, 0) is 25.8 Å². The summed E-state index contributed by atoms with van der Waals surface area (Å²) in [5, 5.41) is 8.94. The lowest BCUT2D eigenvalue weighted by molar-refractivity contribution is -0.141. The Hall–Kier alpha value is -1.45. The van der Waals surface area contributed by atoms with Crippen molar-refractivity contribution in [2.45, 2.75) is 51.9 Å². The van der Waals surface area contributed by atoms with Crippen LogP contribution >= 0.6 is 0 Å². The number of aryl methyl sites for hydroxylation is 1. The zero-order valence-corrected chi connectivity index (χ0v) is 11.0. The van der Waals surface area contributed by atoms with E-state index >= 15 is 0 Å². The van der Waals surface area contributed by atoms with Crippen LogP contribution in [0.2, 0.25) is 0 Å². The summed E-state index contributed by atoms with van der Waals surface area (Å²) in [5.41, 5.74) is 2.05. The van der Waals surface area contributed by atoms with Crippen molar-refractivity contribution in [3.8, 4) is 0 Å². The number of rotatable bonds is 4. The third-order valence-corrected chi connectivity index (χ3v) is 3.60. The van der Waals surface area contributed by atoms with E-state index in [1.807, 2.05) is 13.0 Å². The fraction of sp³-hybridized carbons (Fsp3) is 0.643. The fourth-order valence-corrected chi connectivity index (χ4v) is 2.54. The van der Waals surface area contributed by atoms with Crippen molar-refractivity contribution in [1.82, 2.24) is 9.97 Å². The average molecular weight is 248 g/mol. The summed E-state index contributed by atoms with van der Waals surface area (Å²) in [6.45, 7) is 3.65. The van der Waals surface area contributed by atoms with Gasteiger partial charge in [-0.25, -0.2) is 9.97 Å². The molecule has 1 fully saturated rings. The highest BCUT2D eigenvalue weighted by atomic mass is 16.4. The van der Waals surface area contributed by atoms with Crippen LogP contribution < -0.4 is 0 Å². The van der Waals surface area contributed by atoms with Crippen molar-refractivity contribution in [3.63, 3.8) is 0 Å². The molecule has 0 aromatic carbocycles. The molecule has 1 N–H and O–H groups in total. The van der Waals surface area contributed by atoms with Crippen molar-refractivity contribution in [1.29, 1.82) is 0 Å². The first-order valence-electron chi connectivity index (χ1n) is 6.63. The van der Waals surface area contributed by atoms with E-state index in [1.165, 1.54) is 25.7 Å². The van der Waals surface area contributed by atoms with E-state index in [1.54, 1.807) is 6.92 Å². The normalized spacial score (nSPS) is 17.9. The van der Waals surface area contributed by atoms with E-state index in [0.29, 0.717) is 18.2 Å². The minimum Gasteiger partial charge on any atom is -0.481 e. The number of carboxylic acid groups (broad SMARTS) is 1. The summed E-state index contributed by atoms with van der Waals surface area (Å²) in [5.74, 6) is 0.00290. The molecule has 4 heteroatoms. The Morgan fingerprint density at radius 3 is 2.72 bits per heavy atom. The molecule has 1 aromatic rings. The maximum atomic E-state index is 10.9. The van der Waals surface area contributed by atoms with Crippen LogP contribution in [0.1, 0.15) is 55.7 Å². The second-order valence-corrected chi connectivity index (χ2v) is 5.28. The van der Waals surface area contributed by atoms with Gasteiger partial charge in [-0.15, -0.1) is 0 Å². The number of hydrogen-bond donors (Lipinski definition) is 1. The van der Waals surface area contributed by atoms with Crippen LogP contribution in [0.3, 0.4) is 0 Å². The third kappa shape index (κ3) is 3.06. The van der Waals surface area contributed by atoms with Gasteiger partial charge in [0.2, 0.25) is 0 Å². The molecule has 4 nitrogen and oxygen atoms in total. The highest BCUT2D eigenvalue weighted by Crippen LogP contribution is 2.33. The van der Waals surface area contributed by atoms with Crippen molar-refractivity contribution in [3.05, 3.63) is 23.3 Å². The Bertz CT molecular complexity index is 439. The van der Waals surface area contributed by atoms with Crippen LogP contribution in [0.5, 0.6) is 0 Å².